The maximum atomic E-state index is 6.03. The molecule has 2 aliphatic rings. The van der Waals surface area contributed by atoms with Gasteiger partial charge in [-0.05, 0) is 44.8 Å². The molecule has 0 aromatic heterocycles. The molecule has 2 unspecified atom stereocenters. The van der Waals surface area contributed by atoms with Crippen molar-refractivity contribution in [3.8, 4) is 5.75 Å². The van der Waals surface area contributed by atoms with Crippen LogP contribution in [0, 0.1) is 5.92 Å². The van der Waals surface area contributed by atoms with E-state index in [1.165, 1.54) is 31.5 Å². The number of hydrogen-bond donors (Lipinski definition) is 1. The highest BCUT2D eigenvalue weighted by molar-refractivity contribution is 5.37. The van der Waals surface area contributed by atoms with Crippen LogP contribution < -0.4 is 10.5 Å². The molecule has 19 heavy (non-hydrogen) atoms. The summed E-state index contributed by atoms with van der Waals surface area (Å²) in [6, 6.07) is 9.37. The van der Waals surface area contributed by atoms with Crippen molar-refractivity contribution in [3.05, 3.63) is 29.8 Å². The lowest BCUT2D eigenvalue weighted by atomic mass is 9.88. The highest BCUT2D eigenvalue weighted by Crippen LogP contribution is 2.37. The molecule has 104 valence electrons. The van der Waals surface area contributed by atoms with Crippen LogP contribution in [0.4, 0.5) is 0 Å². The first-order chi connectivity index (χ1) is 9.25. The molecule has 0 bridgehead atoms. The largest absolute Gasteiger partial charge is 0.493 e. The van der Waals surface area contributed by atoms with E-state index >= 15 is 0 Å². The number of likely N-dealkylation sites (tertiary alicyclic amines) is 1. The number of nitrogens with zero attached hydrogens (tertiary/aromatic N) is 1. The van der Waals surface area contributed by atoms with Crippen LogP contribution >= 0.6 is 0 Å². The van der Waals surface area contributed by atoms with Gasteiger partial charge in [0.2, 0.25) is 0 Å². The van der Waals surface area contributed by atoms with E-state index in [0.717, 1.165) is 18.8 Å². The van der Waals surface area contributed by atoms with Crippen LogP contribution in [0.2, 0.25) is 0 Å². The Kier molecular flexibility index (Phi) is 3.76. The molecule has 2 aliphatic heterocycles. The van der Waals surface area contributed by atoms with Crippen molar-refractivity contribution >= 4 is 0 Å². The molecule has 3 nitrogen and oxygen atoms in total. The molecule has 1 fully saturated rings. The first-order valence-corrected chi connectivity index (χ1v) is 7.47. The van der Waals surface area contributed by atoms with E-state index < -0.39 is 0 Å². The molecule has 0 saturated carbocycles. The first-order valence-electron chi connectivity index (χ1n) is 7.47. The van der Waals surface area contributed by atoms with Gasteiger partial charge in [0.05, 0.1) is 6.61 Å². The van der Waals surface area contributed by atoms with Crippen LogP contribution in [0.1, 0.15) is 37.8 Å². The van der Waals surface area contributed by atoms with E-state index in [9.17, 15) is 0 Å². The van der Waals surface area contributed by atoms with Crippen LogP contribution in [0.3, 0.4) is 0 Å². The Bertz CT molecular complexity index is 425. The molecule has 2 N–H and O–H groups in total. The highest BCUT2D eigenvalue weighted by Gasteiger charge is 2.30. The molecule has 0 spiro atoms. The SMILES string of the molecule is CC(N)C1CCN(C2CCOc3ccccc32)CC1. The summed E-state index contributed by atoms with van der Waals surface area (Å²) in [4.78, 5) is 2.63. The van der Waals surface area contributed by atoms with E-state index in [-0.39, 0.29) is 0 Å². The maximum Gasteiger partial charge on any atom is 0.124 e. The standard InChI is InChI=1S/C16H24N2O/c1-12(17)13-6-9-18(10-7-13)15-8-11-19-16-5-3-2-4-14(15)16/h2-5,12-13,15H,6-11,17H2,1H3. The van der Waals surface area contributed by atoms with E-state index in [1.807, 2.05) is 0 Å². The van der Waals surface area contributed by atoms with E-state index in [0.29, 0.717) is 18.0 Å². The highest BCUT2D eigenvalue weighted by atomic mass is 16.5. The smallest absolute Gasteiger partial charge is 0.124 e. The minimum atomic E-state index is 0.337. The number of piperidine rings is 1. The molecule has 3 rings (SSSR count). The van der Waals surface area contributed by atoms with Gasteiger partial charge in [-0.3, -0.25) is 4.90 Å². The van der Waals surface area contributed by atoms with Crippen molar-refractivity contribution in [3.63, 3.8) is 0 Å². The number of rotatable bonds is 2. The Balaban J connectivity index is 1.71. The molecule has 0 aliphatic carbocycles. The Morgan fingerprint density at radius 3 is 2.68 bits per heavy atom. The number of ether oxygens (including phenoxy) is 1. The Morgan fingerprint density at radius 1 is 1.21 bits per heavy atom. The number of fused-ring (bicyclic) bond motifs is 1. The van der Waals surface area contributed by atoms with Crippen molar-refractivity contribution in [1.82, 2.24) is 4.90 Å². The summed E-state index contributed by atoms with van der Waals surface area (Å²) in [5, 5.41) is 0. The number of nitrogens with two attached hydrogens (primary N) is 1. The average Bonchev–Trinajstić information content (AvgIpc) is 2.47. The van der Waals surface area contributed by atoms with Gasteiger partial charge in [-0.25, -0.2) is 0 Å². The molecule has 3 heteroatoms. The van der Waals surface area contributed by atoms with Gasteiger partial charge >= 0.3 is 0 Å². The van der Waals surface area contributed by atoms with E-state index in [1.54, 1.807) is 0 Å². The van der Waals surface area contributed by atoms with Crippen molar-refractivity contribution in [1.29, 1.82) is 0 Å². The summed E-state index contributed by atoms with van der Waals surface area (Å²) in [5.41, 5.74) is 7.40. The summed E-state index contributed by atoms with van der Waals surface area (Å²) in [7, 11) is 0. The van der Waals surface area contributed by atoms with Gasteiger partial charge < -0.3 is 10.5 Å². The van der Waals surface area contributed by atoms with E-state index in [4.69, 9.17) is 10.5 Å². The zero-order valence-corrected chi connectivity index (χ0v) is 11.7. The lowest BCUT2D eigenvalue weighted by Crippen LogP contribution is -2.42. The van der Waals surface area contributed by atoms with Gasteiger partial charge in [-0.15, -0.1) is 0 Å². The molecule has 0 amide bonds. The summed E-state index contributed by atoms with van der Waals surface area (Å²) in [6.45, 7) is 5.33. The summed E-state index contributed by atoms with van der Waals surface area (Å²) in [5.74, 6) is 1.78. The molecule has 1 aromatic carbocycles. The van der Waals surface area contributed by atoms with Gasteiger partial charge in [0.25, 0.3) is 0 Å². The lowest BCUT2D eigenvalue weighted by molar-refractivity contribution is 0.0941. The fourth-order valence-corrected chi connectivity index (χ4v) is 3.46. The van der Waals surface area contributed by atoms with Crippen molar-refractivity contribution in [2.75, 3.05) is 19.7 Å². The summed E-state index contributed by atoms with van der Waals surface area (Å²) >= 11 is 0. The molecule has 1 aromatic rings. The quantitative estimate of drug-likeness (QED) is 0.888. The van der Waals surface area contributed by atoms with Gasteiger partial charge in [0, 0.05) is 24.1 Å². The average molecular weight is 260 g/mol. The molecule has 2 heterocycles. The van der Waals surface area contributed by atoms with Crippen LogP contribution in [0.25, 0.3) is 0 Å². The fraction of sp³-hybridized carbons (Fsp3) is 0.625. The summed E-state index contributed by atoms with van der Waals surface area (Å²) in [6.07, 6.45) is 3.58. The molecular weight excluding hydrogens is 236 g/mol. The number of para-hydroxylation sites is 1. The second kappa shape index (κ2) is 5.51. The van der Waals surface area contributed by atoms with Gasteiger partial charge in [-0.1, -0.05) is 18.2 Å². The van der Waals surface area contributed by atoms with Crippen molar-refractivity contribution in [2.45, 2.75) is 38.3 Å². The van der Waals surface area contributed by atoms with Gasteiger partial charge in [0.1, 0.15) is 5.75 Å². The molecular formula is C16H24N2O. The number of benzene rings is 1. The molecule has 0 radical (unpaired) electrons. The third kappa shape index (κ3) is 2.63. The normalized spacial score (nSPS) is 26.5. The monoisotopic (exact) mass is 260 g/mol. The second-order valence-corrected chi connectivity index (χ2v) is 5.92. The third-order valence-corrected chi connectivity index (χ3v) is 4.69. The zero-order chi connectivity index (χ0) is 13.2. The van der Waals surface area contributed by atoms with Crippen LogP contribution in [-0.4, -0.2) is 30.6 Å². The zero-order valence-electron chi connectivity index (χ0n) is 11.7. The van der Waals surface area contributed by atoms with Crippen molar-refractivity contribution < 1.29 is 4.74 Å². The third-order valence-electron chi connectivity index (χ3n) is 4.69. The van der Waals surface area contributed by atoms with Crippen LogP contribution in [0.15, 0.2) is 24.3 Å². The Labute approximate surface area is 115 Å². The Hall–Kier alpha value is -1.06. The van der Waals surface area contributed by atoms with Crippen LogP contribution in [-0.2, 0) is 0 Å². The number of hydrogen-bond acceptors (Lipinski definition) is 3. The molecule has 1 saturated heterocycles. The maximum absolute atomic E-state index is 6.03. The predicted molar refractivity (Wildman–Crippen MR) is 77.2 cm³/mol. The van der Waals surface area contributed by atoms with Crippen LogP contribution in [0.5, 0.6) is 5.75 Å². The lowest BCUT2D eigenvalue weighted by Gasteiger charge is -2.40. The van der Waals surface area contributed by atoms with Crippen molar-refractivity contribution in [2.24, 2.45) is 11.7 Å². The minimum absolute atomic E-state index is 0.337. The minimum Gasteiger partial charge on any atom is -0.493 e. The van der Waals surface area contributed by atoms with E-state index in [2.05, 4.69) is 36.1 Å². The summed E-state index contributed by atoms with van der Waals surface area (Å²) < 4.78 is 5.76. The topological polar surface area (TPSA) is 38.5 Å². The Morgan fingerprint density at radius 2 is 1.95 bits per heavy atom. The molecule has 2 atom stereocenters. The van der Waals surface area contributed by atoms with Gasteiger partial charge in [-0.2, -0.15) is 0 Å². The second-order valence-electron chi connectivity index (χ2n) is 5.92. The predicted octanol–water partition coefficient (Wildman–Crippen LogP) is 2.57. The fourth-order valence-electron chi connectivity index (χ4n) is 3.46. The first kappa shape index (κ1) is 12.9. The van der Waals surface area contributed by atoms with Gasteiger partial charge in [0.15, 0.2) is 0 Å².